The minimum absolute atomic E-state index is 0.0378. The zero-order valence-corrected chi connectivity index (χ0v) is 16.8. The van der Waals surface area contributed by atoms with Crippen molar-refractivity contribution in [2.45, 2.75) is 26.2 Å². The van der Waals surface area contributed by atoms with Gasteiger partial charge < -0.3 is 20.1 Å². The molecule has 0 aliphatic rings. The van der Waals surface area contributed by atoms with Crippen LogP contribution in [-0.4, -0.2) is 31.0 Å². The lowest BCUT2D eigenvalue weighted by atomic mass is 10.2. The van der Waals surface area contributed by atoms with Crippen LogP contribution < -0.4 is 15.4 Å². The van der Waals surface area contributed by atoms with Crippen LogP contribution in [0.5, 0.6) is 5.75 Å². The van der Waals surface area contributed by atoms with E-state index >= 15 is 0 Å². The van der Waals surface area contributed by atoms with Crippen molar-refractivity contribution in [3.05, 3.63) is 53.6 Å². The first-order chi connectivity index (χ1) is 14.0. The Hall–Kier alpha value is -3.06. The number of anilines is 2. The molecule has 0 unspecified atom stereocenters. The molecular weight excluding hydrogens is 396 g/mol. The van der Waals surface area contributed by atoms with Crippen LogP contribution in [0.2, 0.25) is 5.02 Å². The minimum atomic E-state index is -0.548. The maximum atomic E-state index is 11.9. The summed E-state index contributed by atoms with van der Waals surface area (Å²) in [6.07, 6.45) is 0.512. The SMILES string of the molecule is CCOc1ccc(NC(=O)CCCC(=O)OCC(=O)Nc2ccccc2Cl)cc1. The van der Waals surface area contributed by atoms with E-state index in [0.717, 1.165) is 5.75 Å². The normalized spacial score (nSPS) is 10.1. The fourth-order valence-corrected chi connectivity index (χ4v) is 2.57. The van der Waals surface area contributed by atoms with Gasteiger partial charge in [-0.3, -0.25) is 14.4 Å². The molecule has 0 saturated heterocycles. The number of para-hydroxylation sites is 1. The minimum Gasteiger partial charge on any atom is -0.494 e. The van der Waals surface area contributed by atoms with Crippen LogP contribution in [0.25, 0.3) is 0 Å². The molecule has 0 saturated carbocycles. The van der Waals surface area contributed by atoms with Gasteiger partial charge in [-0.1, -0.05) is 23.7 Å². The zero-order valence-electron chi connectivity index (χ0n) is 16.1. The quantitative estimate of drug-likeness (QED) is 0.568. The first-order valence-corrected chi connectivity index (χ1v) is 9.58. The van der Waals surface area contributed by atoms with Crippen LogP contribution in [0.15, 0.2) is 48.5 Å². The predicted octanol–water partition coefficient (Wildman–Crippen LogP) is 4.03. The standard InChI is InChI=1S/C21H23ClN2O5/c1-2-28-16-12-10-15(11-13-16)23-19(25)8-5-9-21(27)29-14-20(26)24-18-7-4-3-6-17(18)22/h3-4,6-7,10-13H,2,5,8-9,14H2,1H3,(H,23,25)(H,24,26). The molecular formula is C21H23ClN2O5. The number of carbonyl (C=O) groups is 3. The van der Waals surface area contributed by atoms with Gasteiger partial charge in [0.05, 0.1) is 17.3 Å². The van der Waals surface area contributed by atoms with Crippen molar-refractivity contribution >= 4 is 40.8 Å². The Labute approximate surface area is 174 Å². The van der Waals surface area contributed by atoms with Crippen LogP contribution >= 0.6 is 11.6 Å². The van der Waals surface area contributed by atoms with E-state index in [4.69, 9.17) is 21.1 Å². The van der Waals surface area contributed by atoms with Gasteiger partial charge in [-0.2, -0.15) is 0 Å². The Bertz CT molecular complexity index is 839. The number of benzene rings is 2. The van der Waals surface area contributed by atoms with Crippen LogP contribution in [0.1, 0.15) is 26.2 Å². The lowest BCUT2D eigenvalue weighted by Gasteiger charge is -2.08. The third-order valence-corrected chi connectivity index (χ3v) is 4.08. The second kappa shape index (κ2) is 11.7. The highest BCUT2D eigenvalue weighted by Gasteiger charge is 2.10. The molecule has 2 aromatic rings. The summed E-state index contributed by atoms with van der Waals surface area (Å²) in [6, 6.07) is 13.8. The van der Waals surface area contributed by atoms with Gasteiger partial charge in [0.15, 0.2) is 6.61 Å². The van der Waals surface area contributed by atoms with E-state index in [2.05, 4.69) is 10.6 Å². The molecule has 8 heteroatoms. The monoisotopic (exact) mass is 418 g/mol. The summed E-state index contributed by atoms with van der Waals surface area (Å²) in [5.74, 6) is -0.516. The van der Waals surface area contributed by atoms with Gasteiger partial charge in [-0.05, 0) is 49.7 Å². The van der Waals surface area contributed by atoms with E-state index in [9.17, 15) is 14.4 Å². The molecule has 2 amide bonds. The second-order valence-electron chi connectivity index (χ2n) is 6.05. The molecule has 29 heavy (non-hydrogen) atoms. The first-order valence-electron chi connectivity index (χ1n) is 9.20. The number of hydrogen-bond donors (Lipinski definition) is 2. The van der Waals surface area contributed by atoms with Gasteiger partial charge >= 0.3 is 5.97 Å². The van der Waals surface area contributed by atoms with Crippen molar-refractivity contribution < 1.29 is 23.9 Å². The highest BCUT2D eigenvalue weighted by atomic mass is 35.5. The molecule has 154 valence electrons. The van der Waals surface area contributed by atoms with Gasteiger partial charge in [0, 0.05) is 18.5 Å². The van der Waals surface area contributed by atoms with Gasteiger partial charge in [0.2, 0.25) is 5.91 Å². The topological polar surface area (TPSA) is 93.7 Å². The van der Waals surface area contributed by atoms with E-state index in [1.807, 2.05) is 6.92 Å². The third-order valence-electron chi connectivity index (χ3n) is 3.75. The highest BCUT2D eigenvalue weighted by molar-refractivity contribution is 6.33. The Balaban J connectivity index is 1.63. The fourth-order valence-electron chi connectivity index (χ4n) is 2.39. The van der Waals surface area contributed by atoms with E-state index in [-0.39, 0.29) is 18.7 Å². The highest BCUT2D eigenvalue weighted by Crippen LogP contribution is 2.20. The Kier molecular flexibility index (Phi) is 8.98. The summed E-state index contributed by atoms with van der Waals surface area (Å²) >= 11 is 5.94. The van der Waals surface area contributed by atoms with Crippen LogP contribution in [0.3, 0.4) is 0 Å². The maximum absolute atomic E-state index is 11.9. The lowest BCUT2D eigenvalue weighted by molar-refractivity contribution is -0.147. The molecule has 0 aliphatic carbocycles. The van der Waals surface area contributed by atoms with Crippen molar-refractivity contribution in [1.82, 2.24) is 0 Å². The molecule has 0 aromatic heterocycles. The predicted molar refractivity (Wildman–Crippen MR) is 111 cm³/mol. The van der Waals surface area contributed by atoms with Crippen molar-refractivity contribution in [3.63, 3.8) is 0 Å². The number of esters is 1. The molecule has 0 fully saturated rings. The smallest absolute Gasteiger partial charge is 0.306 e. The van der Waals surface area contributed by atoms with Gasteiger partial charge in [-0.15, -0.1) is 0 Å². The summed E-state index contributed by atoms with van der Waals surface area (Å²) in [5, 5.41) is 5.70. The molecule has 2 N–H and O–H groups in total. The number of halogens is 1. The number of nitrogens with one attached hydrogen (secondary N) is 2. The van der Waals surface area contributed by atoms with E-state index in [1.54, 1.807) is 48.5 Å². The summed E-state index contributed by atoms with van der Waals surface area (Å²) in [4.78, 5) is 35.5. The molecule has 2 aromatic carbocycles. The van der Waals surface area contributed by atoms with E-state index < -0.39 is 18.5 Å². The maximum Gasteiger partial charge on any atom is 0.306 e. The summed E-state index contributed by atoms with van der Waals surface area (Å²) < 4.78 is 10.2. The third kappa shape index (κ3) is 8.23. The van der Waals surface area contributed by atoms with Gasteiger partial charge in [0.1, 0.15) is 5.75 Å². The number of rotatable bonds is 10. The van der Waals surface area contributed by atoms with Crippen molar-refractivity contribution in [3.8, 4) is 5.75 Å². The average molecular weight is 419 g/mol. The van der Waals surface area contributed by atoms with Gasteiger partial charge in [-0.25, -0.2) is 0 Å². The molecule has 0 spiro atoms. The van der Waals surface area contributed by atoms with Crippen LogP contribution in [0, 0.1) is 0 Å². The lowest BCUT2D eigenvalue weighted by Crippen LogP contribution is -2.21. The average Bonchev–Trinajstić information content (AvgIpc) is 2.70. The molecule has 7 nitrogen and oxygen atoms in total. The molecule has 0 aliphatic heterocycles. The number of ether oxygens (including phenoxy) is 2. The second-order valence-corrected chi connectivity index (χ2v) is 6.46. The van der Waals surface area contributed by atoms with Crippen molar-refractivity contribution in [2.24, 2.45) is 0 Å². The molecule has 0 bridgehead atoms. The van der Waals surface area contributed by atoms with Crippen molar-refractivity contribution in [2.75, 3.05) is 23.8 Å². The zero-order chi connectivity index (χ0) is 21.1. The van der Waals surface area contributed by atoms with Crippen molar-refractivity contribution in [1.29, 1.82) is 0 Å². The number of amides is 2. The molecule has 0 radical (unpaired) electrons. The van der Waals surface area contributed by atoms with E-state index in [1.165, 1.54) is 0 Å². The molecule has 0 heterocycles. The largest absolute Gasteiger partial charge is 0.494 e. The Morgan fingerprint density at radius 1 is 0.931 bits per heavy atom. The fraction of sp³-hybridized carbons (Fsp3) is 0.286. The number of carbonyl (C=O) groups excluding carboxylic acids is 3. The van der Waals surface area contributed by atoms with Crippen LogP contribution in [0.4, 0.5) is 11.4 Å². The molecule has 0 atom stereocenters. The van der Waals surface area contributed by atoms with E-state index in [0.29, 0.717) is 29.4 Å². The number of hydrogen-bond acceptors (Lipinski definition) is 5. The summed E-state index contributed by atoms with van der Waals surface area (Å²) in [6.45, 7) is 2.05. The van der Waals surface area contributed by atoms with Crippen LogP contribution in [-0.2, 0) is 19.1 Å². The Morgan fingerprint density at radius 2 is 1.66 bits per heavy atom. The Morgan fingerprint density at radius 3 is 2.34 bits per heavy atom. The first kappa shape index (κ1) is 22.2. The summed E-state index contributed by atoms with van der Waals surface area (Å²) in [7, 11) is 0. The van der Waals surface area contributed by atoms with Gasteiger partial charge in [0.25, 0.3) is 5.91 Å². The summed E-state index contributed by atoms with van der Waals surface area (Å²) in [5.41, 5.74) is 1.10. The molecule has 2 rings (SSSR count).